The summed E-state index contributed by atoms with van der Waals surface area (Å²) >= 11 is 0. The fourth-order valence-corrected chi connectivity index (χ4v) is 3.69. The Morgan fingerprint density at radius 2 is 1.43 bits per heavy atom. The molecule has 0 unspecified atom stereocenters. The van der Waals surface area contributed by atoms with E-state index in [1.54, 1.807) is 14.1 Å². The van der Waals surface area contributed by atoms with Crippen molar-refractivity contribution in [1.29, 1.82) is 0 Å². The predicted molar refractivity (Wildman–Crippen MR) is 96.8 cm³/mol. The molecule has 0 saturated carbocycles. The molecule has 0 radical (unpaired) electrons. The van der Waals surface area contributed by atoms with Crippen LogP contribution in [0.4, 0.5) is 11.4 Å². The van der Waals surface area contributed by atoms with Gasteiger partial charge in [0, 0.05) is 23.8 Å². The molecule has 3 rings (SSSR count). The third-order valence-corrected chi connectivity index (χ3v) is 4.47. The Balaban J connectivity index is 1.97. The lowest BCUT2D eigenvalue weighted by Gasteiger charge is -2.38. The van der Waals surface area contributed by atoms with Gasteiger partial charge in [0.1, 0.15) is 0 Å². The van der Waals surface area contributed by atoms with Gasteiger partial charge < -0.3 is 14.8 Å². The number of aryl methyl sites for hydroxylation is 2. The molecule has 0 bridgehead atoms. The average molecular weight is 310 g/mol. The Hall–Kier alpha value is -1.84. The topological polar surface area (TPSA) is 26.3 Å². The van der Waals surface area contributed by atoms with Crippen LogP contribution in [0.5, 0.6) is 0 Å². The molecule has 3 nitrogen and oxygen atoms in total. The Kier molecular flexibility index (Phi) is 4.42. The average Bonchev–Trinajstić information content (AvgIpc) is 2.64. The predicted octanol–water partition coefficient (Wildman–Crippen LogP) is 4.13. The van der Waals surface area contributed by atoms with Gasteiger partial charge in [-0.15, -0.1) is 0 Å². The molecule has 0 fully saturated rings. The highest BCUT2D eigenvalue weighted by Crippen LogP contribution is 2.36. The van der Waals surface area contributed by atoms with E-state index in [1.807, 2.05) is 0 Å². The van der Waals surface area contributed by atoms with Crippen LogP contribution < -0.4 is 4.90 Å². The number of nitrogens with zero attached hydrogens (tertiary/aromatic N) is 2. The Labute approximate surface area is 139 Å². The van der Waals surface area contributed by atoms with Crippen molar-refractivity contribution >= 4 is 11.4 Å². The van der Waals surface area contributed by atoms with Gasteiger partial charge in [0.05, 0.1) is 20.6 Å². The minimum Gasteiger partial charge on any atom is -0.633 e. The molecule has 1 atom stereocenters. The van der Waals surface area contributed by atoms with Gasteiger partial charge >= 0.3 is 0 Å². The first-order chi connectivity index (χ1) is 10.9. The van der Waals surface area contributed by atoms with Crippen LogP contribution in [0, 0.1) is 11.1 Å². The van der Waals surface area contributed by atoms with Gasteiger partial charge in [-0.25, -0.2) is 0 Å². The lowest BCUT2D eigenvalue weighted by molar-refractivity contribution is -0.843. The number of para-hydroxylation sites is 2. The molecule has 1 heterocycles. The van der Waals surface area contributed by atoms with Gasteiger partial charge in [-0.05, 0) is 36.1 Å². The van der Waals surface area contributed by atoms with E-state index in [0.717, 1.165) is 19.4 Å². The van der Waals surface area contributed by atoms with Gasteiger partial charge in [-0.2, -0.15) is 0 Å². The maximum Gasteiger partial charge on any atom is 0.0823 e. The second kappa shape index (κ2) is 6.34. The van der Waals surface area contributed by atoms with Crippen molar-refractivity contribution < 1.29 is 4.65 Å². The molecule has 0 aromatic heterocycles. The minimum atomic E-state index is -0.238. The highest BCUT2D eigenvalue weighted by atomic mass is 16.5. The second-order valence-corrected chi connectivity index (χ2v) is 7.23. The highest BCUT2D eigenvalue weighted by Gasteiger charge is 2.23. The van der Waals surface area contributed by atoms with Crippen LogP contribution in [-0.4, -0.2) is 31.8 Å². The van der Waals surface area contributed by atoms with E-state index < -0.39 is 0 Å². The van der Waals surface area contributed by atoms with E-state index in [-0.39, 0.29) is 4.65 Å². The third kappa shape index (κ3) is 3.74. The summed E-state index contributed by atoms with van der Waals surface area (Å²) in [5.74, 6) is 0.321. The number of anilines is 2. The normalized spacial score (nSPS) is 15.6. The van der Waals surface area contributed by atoms with Crippen LogP contribution >= 0.6 is 0 Å². The first-order valence-electron chi connectivity index (χ1n) is 8.41. The number of hydrogen-bond donors (Lipinski definition) is 0. The molecule has 1 aliphatic heterocycles. The van der Waals surface area contributed by atoms with E-state index in [1.165, 1.54) is 22.5 Å². The number of quaternary nitrogens is 1. The number of hydroxylamine groups is 3. The number of rotatable bonds is 4. The summed E-state index contributed by atoms with van der Waals surface area (Å²) in [6.07, 6.45) is 2.14. The first kappa shape index (κ1) is 16.0. The Bertz CT molecular complexity index is 628. The number of hydrogen-bond acceptors (Lipinski definition) is 2. The first-order valence-corrected chi connectivity index (χ1v) is 8.41. The number of benzene rings is 2. The maximum absolute atomic E-state index is 12.0. The van der Waals surface area contributed by atoms with Crippen LogP contribution in [0.1, 0.15) is 18.1 Å². The quantitative estimate of drug-likeness (QED) is 0.627. The van der Waals surface area contributed by atoms with E-state index in [2.05, 4.69) is 60.4 Å². The van der Waals surface area contributed by atoms with E-state index >= 15 is 0 Å². The molecule has 0 spiro atoms. The molecule has 1 aliphatic rings. The molecule has 2 aromatic carbocycles. The van der Waals surface area contributed by atoms with Crippen molar-refractivity contribution in [2.75, 3.05) is 32.1 Å². The fraction of sp³-hybridized carbons (Fsp3) is 0.400. The van der Waals surface area contributed by atoms with Gasteiger partial charge in [0.15, 0.2) is 0 Å². The van der Waals surface area contributed by atoms with E-state index in [9.17, 15) is 5.21 Å². The van der Waals surface area contributed by atoms with Crippen molar-refractivity contribution in [1.82, 2.24) is 0 Å². The van der Waals surface area contributed by atoms with Crippen LogP contribution in [-0.2, 0) is 12.8 Å². The molecular formula is C20H26N2O. The minimum absolute atomic E-state index is 0.238. The van der Waals surface area contributed by atoms with Crippen LogP contribution in [0.15, 0.2) is 48.5 Å². The zero-order chi connectivity index (χ0) is 16.4. The largest absolute Gasteiger partial charge is 0.633 e. The zero-order valence-electron chi connectivity index (χ0n) is 14.3. The van der Waals surface area contributed by atoms with Gasteiger partial charge in [0.2, 0.25) is 0 Å². The van der Waals surface area contributed by atoms with Crippen molar-refractivity contribution in [2.24, 2.45) is 5.92 Å². The molecule has 0 saturated heterocycles. The monoisotopic (exact) mass is 310 g/mol. The molecule has 0 aliphatic carbocycles. The molecule has 23 heavy (non-hydrogen) atoms. The Morgan fingerprint density at radius 3 is 1.91 bits per heavy atom. The summed E-state index contributed by atoms with van der Waals surface area (Å²) in [5.41, 5.74) is 5.37. The smallest absolute Gasteiger partial charge is 0.0823 e. The van der Waals surface area contributed by atoms with Crippen LogP contribution in [0.3, 0.4) is 0 Å². The van der Waals surface area contributed by atoms with Gasteiger partial charge in [-0.1, -0.05) is 43.3 Å². The summed E-state index contributed by atoms with van der Waals surface area (Å²) in [4.78, 5) is 2.41. The van der Waals surface area contributed by atoms with Crippen molar-refractivity contribution in [3.05, 3.63) is 64.9 Å². The van der Waals surface area contributed by atoms with Crippen molar-refractivity contribution in [2.45, 2.75) is 19.8 Å². The van der Waals surface area contributed by atoms with E-state index in [0.29, 0.717) is 12.5 Å². The number of fused-ring (bicyclic) bond motifs is 2. The lowest BCUT2D eigenvalue weighted by atomic mass is 10.0. The fourth-order valence-electron chi connectivity index (χ4n) is 3.69. The van der Waals surface area contributed by atoms with Crippen molar-refractivity contribution in [3.63, 3.8) is 0 Å². The van der Waals surface area contributed by atoms with Crippen LogP contribution in [0.2, 0.25) is 0 Å². The lowest BCUT2D eigenvalue weighted by Crippen LogP contribution is -2.40. The molecular weight excluding hydrogens is 284 g/mol. The summed E-state index contributed by atoms with van der Waals surface area (Å²) in [7, 11) is 3.45. The van der Waals surface area contributed by atoms with Gasteiger partial charge in [0.25, 0.3) is 0 Å². The second-order valence-electron chi connectivity index (χ2n) is 7.23. The van der Waals surface area contributed by atoms with Gasteiger partial charge in [-0.3, -0.25) is 0 Å². The SMILES string of the molecule is C[C@H](CN1c2ccccc2CCc2ccccc21)C[N+](C)(C)[O-]. The van der Waals surface area contributed by atoms with Crippen molar-refractivity contribution in [3.8, 4) is 0 Å². The molecule has 122 valence electrons. The molecule has 3 heteroatoms. The third-order valence-electron chi connectivity index (χ3n) is 4.47. The van der Waals surface area contributed by atoms with E-state index in [4.69, 9.17) is 0 Å². The molecule has 0 amide bonds. The summed E-state index contributed by atoms with van der Waals surface area (Å²) in [6.45, 7) is 3.67. The highest BCUT2D eigenvalue weighted by molar-refractivity contribution is 5.71. The summed E-state index contributed by atoms with van der Waals surface area (Å²) in [5, 5.41) is 12.0. The Morgan fingerprint density at radius 1 is 0.957 bits per heavy atom. The summed E-state index contributed by atoms with van der Waals surface area (Å²) < 4.78 is -0.238. The standard InChI is InChI=1S/C20H26N2O/c1-16(15-22(2,3)23)14-21-19-10-6-4-8-17(19)12-13-18-9-5-7-11-20(18)21/h4-11,16H,12-15H2,1-3H3/t16-/m1/s1. The molecule has 2 aromatic rings. The summed E-state index contributed by atoms with van der Waals surface area (Å²) in [6, 6.07) is 17.3. The van der Waals surface area contributed by atoms with Crippen LogP contribution in [0.25, 0.3) is 0 Å². The maximum atomic E-state index is 12.0. The zero-order valence-corrected chi connectivity index (χ0v) is 14.3. The molecule has 0 N–H and O–H groups in total.